The second-order valence-corrected chi connectivity index (χ2v) is 15.9. The van der Waals surface area contributed by atoms with E-state index >= 15 is 0 Å². The Labute approximate surface area is 164 Å². The number of carbonyl (C=O) groups is 1. The molecule has 2 aliphatic rings. The van der Waals surface area contributed by atoms with E-state index in [1.807, 2.05) is 0 Å². The van der Waals surface area contributed by atoms with E-state index in [-0.39, 0.29) is 10.5 Å². The van der Waals surface area contributed by atoms with Gasteiger partial charge in [0.2, 0.25) is 0 Å². The standard InChI is InChI=1S/C23H44O2Si/c1-17(11-9-12-18(2)25-26(7,8)22(3,4)5)19-14-15-20-21(24)13-10-16-23(19,20)6/h17-20H,9-16H2,1-8H3/t17-,18?,19-,20+,23-/m1/s1. The molecular formula is C23H44O2Si. The van der Waals surface area contributed by atoms with Crippen LogP contribution in [0.15, 0.2) is 0 Å². The molecule has 152 valence electrons. The van der Waals surface area contributed by atoms with Crippen molar-refractivity contribution in [2.24, 2.45) is 23.2 Å². The molecule has 5 atom stereocenters. The van der Waals surface area contributed by atoms with Crippen molar-refractivity contribution in [1.29, 1.82) is 0 Å². The van der Waals surface area contributed by atoms with Crippen LogP contribution in [0.1, 0.15) is 92.9 Å². The van der Waals surface area contributed by atoms with Gasteiger partial charge in [-0.3, -0.25) is 4.79 Å². The monoisotopic (exact) mass is 380 g/mol. The third-order valence-corrected chi connectivity index (χ3v) is 12.8. The van der Waals surface area contributed by atoms with Crippen LogP contribution >= 0.6 is 0 Å². The van der Waals surface area contributed by atoms with Gasteiger partial charge in [0.25, 0.3) is 0 Å². The number of hydrogen-bond donors (Lipinski definition) is 0. The van der Waals surface area contributed by atoms with Crippen molar-refractivity contribution >= 4 is 14.1 Å². The molecule has 0 aliphatic heterocycles. The van der Waals surface area contributed by atoms with E-state index in [9.17, 15) is 4.79 Å². The van der Waals surface area contributed by atoms with Crippen molar-refractivity contribution in [2.45, 2.75) is 117 Å². The molecule has 1 unspecified atom stereocenters. The van der Waals surface area contributed by atoms with E-state index in [0.29, 0.717) is 17.8 Å². The van der Waals surface area contributed by atoms with Crippen molar-refractivity contribution in [3.63, 3.8) is 0 Å². The first-order valence-corrected chi connectivity index (χ1v) is 14.0. The fourth-order valence-electron chi connectivity index (χ4n) is 5.57. The number of ketones is 1. The molecule has 0 aromatic heterocycles. The van der Waals surface area contributed by atoms with E-state index in [4.69, 9.17) is 4.43 Å². The predicted molar refractivity (Wildman–Crippen MR) is 114 cm³/mol. The number of Topliss-reactive ketones (excluding diaryl/α,β-unsaturated/α-hetero) is 1. The van der Waals surface area contributed by atoms with Gasteiger partial charge >= 0.3 is 0 Å². The molecule has 0 bridgehead atoms. The zero-order valence-corrected chi connectivity index (χ0v) is 19.8. The molecule has 3 heteroatoms. The summed E-state index contributed by atoms with van der Waals surface area (Å²) in [6.07, 6.45) is 9.71. The highest BCUT2D eigenvalue weighted by molar-refractivity contribution is 6.74. The highest BCUT2D eigenvalue weighted by atomic mass is 28.4. The van der Waals surface area contributed by atoms with Gasteiger partial charge in [0.1, 0.15) is 5.78 Å². The summed E-state index contributed by atoms with van der Waals surface area (Å²) in [4.78, 5) is 12.4. The van der Waals surface area contributed by atoms with E-state index in [1.54, 1.807) is 0 Å². The first kappa shape index (κ1) is 22.1. The van der Waals surface area contributed by atoms with Crippen LogP contribution in [0.5, 0.6) is 0 Å². The van der Waals surface area contributed by atoms with Gasteiger partial charge in [-0.05, 0) is 74.4 Å². The van der Waals surface area contributed by atoms with Gasteiger partial charge in [0.15, 0.2) is 8.32 Å². The van der Waals surface area contributed by atoms with E-state index in [1.165, 1.54) is 32.1 Å². The van der Waals surface area contributed by atoms with Crippen LogP contribution in [-0.2, 0) is 9.22 Å². The zero-order valence-electron chi connectivity index (χ0n) is 18.8. The van der Waals surface area contributed by atoms with Gasteiger partial charge < -0.3 is 4.43 Å². The van der Waals surface area contributed by atoms with Crippen LogP contribution in [0.3, 0.4) is 0 Å². The van der Waals surface area contributed by atoms with Gasteiger partial charge in [-0.15, -0.1) is 0 Å². The third-order valence-electron chi connectivity index (χ3n) is 8.20. The predicted octanol–water partition coefficient (Wildman–Crippen LogP) is 6.99. The van der Waals surface area contributed by atoms with Crippen LogP contribution in [0.2, 0.25) is 18.1 Å². The third kappa shape index (κ3) is 4.63. The average molecular weight is 381 g/mol. The molecular weight excluding hydrogens is 336 g/mol. The summed E-state index contributed by atoms with van der Waals surface area (Å²) in [7, 11) is -1.65. The number of fused-ring (bicyclic) bond motifs is 1. The van der Waals surface area contributed by atoms with Crippen molar-refractivity contribution < 1.29 is 9.22 Å². The van der Waals surface area contributed by atoms with Crippen molar-refractivity contribution in [3.8, 4) is 0 Å². The molecule has 2 saturated carbocycles. The Kier molecular flexibility index (Phi) is 6.87. The molecule has 0 spiro atoms. The second kappa shape index (κ2) is 8.07. The fraction of sp³-hybridized carbons (Fsp3) is 0.957. The Morgan fingerprint density at radius 2 is 1.85 bits per heavy atom. The van der Waals surface area contributed by atoms with Gasteiger partial charge in [0, 0.05) is 18.4 Å². The highest BCUT2D eigenvalue weighted by Crippen LogP contribution is 2.57. The van der Waals surface area contributed by atoms with E-state index in [0.717, 1.165) is 31.1 Å². The minimum absolute atomic E-state index is 0.287. The van der Waals surface area contributed by atoms with Gasteiger partial charge in [0.05, 0.1) is 0 Å². The van der Waals surface area contributed by atoms with Gasteiger partial charge in [-0.25, -0.2) is 0 Å². The Morgan fingerprint density at radius 1 is 1.19 bits per heavy atom. The number of rotatable bonds is 7. The van der Waals surface area contributed by atoms with Crippen molar-refractivity contribution in [2.75, 3.05) is 0 Å². The maximum Gasteiger partial charge on any atom is 0.192 e. The lowest BCUT2D eigenvalue weighted by atomic mass is 9.62. The molecule has 0 heterocycles. The Hall–Kier alpha value is -0.153. The lowest BCUT2D eigenvalue weighted by molar-refractivity contribution is -0.130. The lowest BCUT2D eigenvalue weighted by Crippen LogP contribution is -2.43. The SMILES string of the molecule is CC(CCC[C@@H](C)[C@H]1CC[C@H]2C(=O)CCC[C@]12C)O[Si](C)(C)C(C)(C)C. The number of hydrogen-bond acceptors (Lipinski definition) is 2. The summed E-state index contributed by atoms with van der Waals surface area (Å²) in [5.74, 6) is 2.40. The fourth-order valence-corrected chi connectivity index (χ4v) is 7.05. The first-order valence-electron chi connectivity index (χ1n) is 11.1. The van der Waals surface area contributed by atoms with Crippen LogP contribution in [0, 0.1) is 23.2 Å². The zero-order chi connectivity index (χ0) is 19.8. The first-order chi connectivity index (χ1) is 11.9. The summed E-state index contributed by atoms with van der Waals surface area (Å²) < 4.78 is 6.52. The Balaban J connectivity index is 1.82. The Bertz CT molecular complexity index is 493. The maximum absolute atomic E-state index is 12.4. The molecule has 26 heavy (non-hydrogen) atoms. The second-order valence-electron chi connectivity index (χ2n) is 11.2. The van der Waals surface area contributed by atoms with Crippen LogP contribution in [0.4, 0.5) is 0 Å². The summed E-state index contributed by atoms with van der Waals surface area (Å²) >= 11 is 0. The molecule has 0 N–H and O–H groups in total. The Morgan fingerprint density at radius 3 is 2.46 bits per heavy atom. The highest BCUT2D eigenvalue weighted by Gasteiger charge is 2.52. The number of carbonyl (C=O) groups excluding carboxylic acids is 1. The smallest absolute Gasteiger partial charge is 0.192 e. The lowest BCUT2D eigenvalue weighted by Gasteiger charge is -2.42. The molecule has 2 aliphatic carbocycles. The summed E-state index contributed by atoms with van der Waals surface area (Å²) in [6.45, 7) is 18.8. The molecule has 0 saturated heterocycles. The van der Waals surface area contributed by atoms with Crippen molar-refractivity contribution in [1.82, 2.24) is 0 Å². The summed E-state index contributed by atoms with van der Waals surface area (Å²) in [6, 6.07) is 0. The normalized spacial score (nSPS) is 32.4. The van der Waals surface area contributed by atoms with Crippen molar-refractivity contribution in [3.05, 3.63) is 0 Å². The average Bonchev–Trinajstić information content (AvgIpc) is 2.84. The van der Waals surface area contributed by atoms with Crippen LogP contribution in [-0.4, -0.2) is 20.2 Å². The van der Waals surface area contributed by atoms with E-state index in [2.05, 4.69) is 54.6 Å². The molecule has 2 fully saturated rings. The molecule has 0 aromatic carbocycles. The summed E-state index contributed by atoms with van der Waals surface area (Å²) in [5, 5.41) is 0.287. The topological polar surface area (TPSA) is 26.3 Å². The van der Waals surface area contributed by atoms with Gasteiger partial charge in [-0.2, -0.15) is 0 Å². The molecule has 0 aromatic rings. The van der Waals surface area contributed by atoms with Gasteiger partial charge in [-0.1, -0.05) is 47.5 Å². The molecule has 0 radical (unpaired) electrons. The van der Waals surface area contributed by atoms with Crippen LogP contribution < -0.4 is 0 Å². The molecule has 0 amide bonds. The summed E-state index contributed by atoms with van der Waals surface area (Å²) in [5.41, 5.74) is 0.290. The maximum atomic E-state index is 12.4. The molecule has 2 nitrogen and oxygen atoms in total. The quantitative estimate of drug-likeness (QED) is 0.445. The largest absolute Gasteiger partial charge is 0.414 e. The minimum atomic E-state index is -1.65. The van der Waals surface area contributed by atoms with Crippen LogP contribution in [0.25, 0.3) is 0 Å². The molecule has 2 rings (SSSR count). The minimum Gasteiger partial charge on any atom is -0.414 e. The van der Waals surface area contributed by atoms with E-state index < -0.39 is 8.32 Å².